The summed E-state index contributed by atoms with van der Waals surface area (Å²) < 4.78 is 36.9. The summed E-state index contributed by atoms with van der Waals surface area (Å²) in [5, 5.41) is 18.6. The van der Waals surface area contributed by atoms with Crippen LogP contribution in [-0.2, 0) is 0 Å². The molecule has 0 aliphatic heterocycles. The molecule has 0 saturated heterocycles. The van der Waals surface area contributed by atoms with Crippen LogP contribution < -0.4 is 21.4 Å². The number of hydrogen-bond acceptors (Lipinski definition) is 7. The molecule has 0 amide bonds. The predicted molar refractivity (Wildman–Crippen MR) is 191 cm³/mol. The summed E-state index contributed by atoms with van der Waals surface area (Å²) in [5.74, 6) is -0.504. The van der Waals surface area contributed by atoms with Crippen molar-refractivity contribution in [2.75, 3.05) is 25.6 Å². The fraction of sp³-hybridized carbons (Fsp3) is 0.417. The van der Waals surface area contributed by atoms with Crippen molar-refractivity contribution in [3.05, 3.63) is 111 Å². The molecule has 3 aromatic rings. The van der Waals surface area contributed by atoms with E-state index < -0.39 is 27.9 Å². The van der Waals surface area contributed by atoms with Crippen LogP contribution in [0.25, 0.3) is 14.5 Å². The lowest BCUT2D eigenvalue weighted by atomic mass is 9.99. The Morgan fingerprint density at radius 2 is 1.08 bits per heavy atom. The average Bonchev–Trinajstić information content (AvgIpc) is 2.98. The lowest BCUT2D eigenvalue weighted by molar-refractivity contribution is -0.383. The van der Waals surface area contributed by atoms with Crippen LogP contribution in [0.1, 0.15) is 62.3 Å². The van der Waals surface area contributed by atoms with Crippen LogP contribution in [0.15, 0.2) is 54.6 Å². The van der Waals surface area contributed by atoms with Crippen molar-refractivity contribution in [1.29, 1.82) is 0 Å². The number of aliphatic hydroxyl groups is 1. The van der Waals surface area contributed by atoms with Gasteiger partial charge in [-0.2, -0.15) is 0 Å². The zero-order chi connectivity index (χ0) is 37.3. The van der Waals surface area contributed by atoms with Gasteiger partial charge in [0.2, 0.25) is 5.69 Å². The fourth-order valence-electron chi connectivity index (χ4n) is 2.85. The molecule has 0 bridgehead atoms. The molecule has 0 aromatic heterocycles. The minimum absolute atomic E-state index is 0. The second-order valence-electron chi connectivity index (χ2n) is 13.9. The van der Waals surface area contributed by atoms with Gasteiger partial charge >= 0.3 is 0 Å². The molecule has 0 fully saturated rings. The highest BCUT2D eigenvalue weighted by Gasteiger charge is 2.18. The van der Waals surface area contributed by atoms with Crippen molar-refractivity contribution in [3.8, 4) is 11.5 Å². The van der Waals surface area contributed by atoms with E-state index in [0.717, 1.165) is 12.1 Å². The van der Waals surface area contributed by atoms with Gasteiger partial charge in [0.1, 0.15) is 23.1 Å². The Labute approximate surface area is 288 Å². The minimum atomic E-state index is -0.862. The molecule has 11 nitrogen and oxygen atoms in total. The second kappa shape index (κ2) is 20.8. The van der Waals surface area contributed by atoms with Crippen molar-refractivity contribution in [2.24, 2.45) is 16.2 Å². The maximum absolute atomic E-state index is 13.2. The summed E-state index contributed by atoms with van der Waals surface area (Å²) >= 11 is 0. The van der Waals surface area contributed by atoms with Gasteiger partial charge in [0.25, 0.3) is 17.1 Å². The second-order valence-corrected chi connectivity index (χ2v) is 13.9. The van der Waals surface area contributed by atoms with Crippen molar-refractivity contribution >= 4 is 28.4 Å². The number of nitrogens with two attached hydrogens (primary N) is 1. The molecule has 0 aliphatic carbocycles. The Morgan fingerprint density at radius 3 is 1.43 bits per heavy atom. The van der Waals surface area contributed by atoms with Crippen molar-refractivity contribution in [3.63, 3.8) is 0 Å². The number of hydrogen-bond donors (Lipinski definition) is 3. The molecule has 0 atom stereocenters. The van der Waals surface area contributed by atoms with Gasteiger partial charge in [-0.25, -0.2) is 23.3 Å². The highest BCUT2D eigenvalue weighted by molar-refractivity contribution is 5.74. The quantitative estimate of drug-likeness (QED) is 0.105. The first-order valence-corrected chi connectivity index (χ1v) is 14.7. The van der Waals surface area contributed by atoms with Gasteiger partial charge < -0.3 is 26.5 Å². The number of nitrogen functional groups attached to an aromatic ring is 1. The number of nitrogens with zero attached hydrogens (tertiary/aromatic N) is 4. The normalized spacial score (nSPS) is 10.3. The number of halogens is 2. The first-order chi connectivity index (χ1) is 22.1. The van der Waals surface area contributed by atoms with Crippen LogP contribution in [0.3, 0.4) is 0 Å². The third-order valence-corrected chi connectivity index (χ3v) is 5.27. The molecule has 0 spiro atoms. The molecular formula is C36H48F2N6O5. The SMILES string of the molecule is CC(C)(C)CO.N.[C-]#[N+]c1c(F)cccc1OCC(C)(C)C.[C-]#[N+]c1c(F)cccc1[N+](=O)[O-].[C-]#[N+]c1c(N)cccc1OCC(C)(C)C. The lowest BCUT2D eigenvalue weighted by Crippen LogP contribution is -2.16. The summed E-state index contributed by atoms with van der Waals surface area (Å²) in [5.41, 5.74) is 5.64. The van der Waals surface area contributed by atoms with Crippen LogP contribution in [0.5, 0.6) is 11.5 Å². The molecule has 0 unspecified atom stereocenters. The van der Waals surface area contributed by atoms with E-state index in [1.807, 2.05) is 41.5 Å². The molecule has 49 heavy (non-hydrogen) atoms. The Balaban J connectivity index is 0. The molecule has 6 N–H and O–H groups in total. The first kappa shape index (κ1) is 45.8. The minimum Gasteiger partial charge on any atom is -0.504 e. The number of rotatable bonds is 5. The van der Waals surface area contributed by atoms with Crippen molar-refractivity contribution in [1.82, 2.24) is 6.15 Å². The van der Waals surface area contributed by atoms with Crippen LogP contribution in [0.4, 0.5) is 37.2 Å². The van der Waals surface area contributed by atoms with E-state index in [9.17, 15) is 18.9 Å². The smallest absolute Gasteiger partial charge is 0.297 e. The summed E-state index contributed by atoms with van der Waals surface area (Å²) in [4.78, 5) is 18.7. The maximum atomic E-state index is 13.2. The molecule has 266 valence electrons. The molecule has 0 aliphatic rings. The molecule has 0 heterocycles. The molecule has 0 radical (unpaired) electrons. The van der Waals surface area contributed by atoms with Gasteiger partial charge in [-0.1, -0.05) is 80.5 Å². The monoisotopic (exact) mass is 682 g/mol. The lowest BCUT2D eigenvalue weighted by Gasteiger charge is -2.19. The van der Waals surface area contributed by atoms with Gasteiger partial charge in [-0.3, -0.25) is 10.1 Å². The maximum Gasteiger partial charge on any atom is 0.297 e. The Hall–Kier alpha value is -5.29. The van der Waals surface area contributed by atoms with E-state index >= 15 is 0 Å². The zero-order valence-electron chi connectivity index (χ0n) is 29.7. The van der Waals surface area contributed by atoms with Gasteiger partial charge in [0.15, 0.2) is 0 Å². The van der Waals surface area contributed by atoms with Crippen molar-refractivity contribution in [2.45, 2.75) is 62.3 Å². The van der Waals surface area contributed by atoms with E-state index in [1.54, 1.807) is 30.3 Å². The number of aliphatic hydroxyl groups excluding tert-OH is 1. The Kier molecular flexibility index (Phi) is 19.5. The number of para-hydroxylation sites is 3. The molecular weight excluding hydrogens is 634 g/mol. The molecule has 3 aromatic carbocycles. The van der Waals surface area contributed by atoms with E-state index in [4.69, 9.17) is 40.0 Å². The van der Waals surface area contributed by atoms with Crippen LogP contribution in [0, 0.1) is 57.7 Å². The fourth-order valence-corrected chi connectivity index (χ4v) is 2.85. The molecule has 0 saturated carbocycles. The van der Waals surface area contributed by atoms with E-state index in [1.165, 1.54) is 12.1 Å². The van der Waals surface area contributed by atoms with E-state index in [0.29, 0.717) is 36.1 Å². The largest absolute Gasteiger partial charge is 0.504 e. The van der Waals surface area contributed by atoms with Crippen LogP contribution in [-0.4, -0.2) is 29.9 Å². The highest BCUT2D eigenvalue weighted by Crippen LogP contribution is 2.34. The summed E-state index contributed by atoms with van der Waals surface area (Å²) in [6.45, 7) is 40.0. The van der Waals surface area contributed by atoms with E-state index in [-0.39, 0.29) is 34.7 Å². The van der Waals surface area contributed by atoms with Crippen LogP contribution >= 0.6 is 0 Å². The number of anilines is 1. The van der Waals surface area contributed by atoms with Gasteiger partial charge in [-0.05, 0) is 46.6 Å². The zero-order valence-corrected chi connectivity index (χ0v) is 29.7. The standard InChI is InChI=1S/C12H14FNO.C12H16N2O.C7H3FN2O2.C5H12O.H3N/c2*1-12(2,3)8-15-10-7-5-6-9(13)11(10)14-4;1-9-7-5(8)3-2-4-6(7)10(11)12;1-5(2,3)4-6;/h5-7H,8H2,1-3H3;5-7H,8,13H2,1-3H3;2-4H;6H,4H2,1-3H3;1H3. The Morgan fingerprint density at radius 1 is 0.714 bits per heavy atom. The van der Waals surface area contributed by atoms with Crippen molar-refractivity contribution < 1.29 is 28.3 Å². The number of benzene rings is 3. The molecule has 13 heteroatoms. The third-order valence-electron chi connectivity index (χ3n) is 5.27. The molecule has 3 rings (SSSR count). The summed E-state index contributed by atoms with van der Waals surface area (Å²) in [6.07, 6.45) is 0. The number of nitro benzene ring substituents is 1. The van der Waals surface area contributed by atoms with E-state index in [2.05, 4.69) is 35.3 Å². The Bertz CT molecular complexity index is 1550. The summed E-state index contributed by atoms with van der Waals surface area (Å²) in [7, 11) is 0. The average molecular weight is 683 g/mol. The van der Waals surface area contributed by atoms with Gasteiger partial charge in [-0.15, -0.1) is 0 Å². The third kappa shape index (κ3) is 18.6. The highest BCUT2D eigenvalue weighted by atomic mass is 19.1. The van der Waals surface area contributed by atoms with Gasteiger partial charge in [0, 0.05) is 18.4 Å². The topological polar surface area (TPSA) is 156 Å². The van der Waals surface area contributed by atoms with Gasteiger partial charge in [0.05, 0.1) is 37.9 Å². The predicted octanol–water partition coefficient (Wildman–Crippen LogP) is 10.5. The first-order valence-electron chi connectivity index (χ1n) is 14.7. The van der Waals surface area contributed by atoms with Crippen LogP contribution in [0.2, 0.25) is 0 Å². The number of nitro groups is 1. The summed E-state index contributed by atoms with van der Waals surface area (Å²) in [6, 6.07) is 13.0. The number of ether oxygens (including phenoxy) is 2.